The minimum atomic E-state index is -0.732. The maximum atomic E-state index is 10.9. The van der Waals surface area contributed by atoms with Gasteiger partial charge in [-0.3, -0.25) is 4.98 Å². The molecule has 23 heavy (non-hydrogen) atoms. The minimum absolute atomic E-state index is 0.666. The van der Waals surface area contributed by atoms with Gasteiger partial charge in [0, 0.05) is 38.4 Å². The molecule has 1 unspecified atom stereocenters. The molecule has 3 heterocycles. The molecular weight excluding hydrogens is 286 g/mol. The van der Waals surface area contributed by atoms with Crippen molar-refractivity contribution in [3.8, 4) is 0 Å². The van der Waals surface area contributed by atoms with E-state index >= 15 is 0 Å². The van der Waals surface area contributed by atoms with Gasteiger partial charge in [0.15, 0.2) is 0 Å². The molecule has 1 N–H and O–H groups in total. The van der Waals surface area contributed by atoms with Crippen molar-refractivity contribution in [1.82, 2.24) is 14.8 Å². The first-order valence-electron chi connectivity index (χ1n) is 9.08. The van der Waals surface area contributed by atoms with Crippen molar-refractivity contribution in [2.24, 2.45) is 5.92 Å². The molecule has 2 saturated heterocycles. The zero-order valence-corrected chi connectivity index (χ0v) is 14.8. The first-order chi connectivity index (χ1) is 11.0. The van der Waals surface area contributed by atoms with Crippen molar-refractivity contribution >= 4 is 0 Å². The number of nitrogens with zero attached hydrogens (tertiary/aromatic N) is 3. The summed E-state index contributed by atoms with van der Waals surface area (Å²) in [7, 11) is 0. The van der Waals surface area contributed by atoms with E-state index in [1.807, 2.05) is 25.3 Å². The molecule has 1 atom stereocenters. The van der Waals surface area contributed by atoms with Crippen LogP contribution in [0.5, 0.6) is 0 Å². The van der Waals surface area contributed by atoms with Crippen LogP contribution in [0.3, 0.4) is 0 Å². The van der Waals surface area contributed by atoms with Crippen LogP contribution in [0.4, 0.5) is 0 Å². The van der Waals surface area contributed by atoms with Gasteiger partial charge in [-0.2, -0.15) is 0 Å². The van der Waals surface area contributed by atoms with Crippen LogP contribution in [0.2, 0.25) is 0 Å². The van der Waals surface area contributed by atoms with Crippen LogP contribution in [0.1, 0.15) is 44.4 Å². The topological polar surface area (TPSA) is 39.6 Å². The van der Waals surface area contributed by atoms with Gasteiger partial charge in [0.1, 0.15) is 5.60 Å². The number of aryl methyl sites for hydroxylation is 1. The van der Waals surface area contributed by atoms with Crippen molar-refractivity contribution in [3.05, 3.63) is 29.6 Å². The zero-order chi connectivity index (χ0) is 16.4. The number of likely N-dealkylation sites (tertiary alicyclic amines) is 2. The van der Waals surface area contributed by atoms with Crippen LogP contribution in [-0.4, -0.2) is 58.7 Å². The molecule has 0 aliphatic carbocycles. The van der Waals surface area contributed by atoms with Crippen LogP contribution >= 0.6 is 0 Å². The van der Waals surface area contributed by atoms with Crippen LogP contribution in [0.25, 0.3) is 0 Å². The molecule has 1 aromatic rings. The Balaban J connectivity index is 1.51. The summed E-state index contributed by atoms with van der Waals surface area (Å²) in [5.41, 5.74) is 1.25. The lowest BCUT2D eigenvalue weighted by Gasteiger charge is -2.38. The Hall–Kier alpha value is -0.970. The first-order valence-corrected chi connectivity index (χ1v) is 9.08. The monoisotopic (exact) mass is 317 g/mol. The van der Waals surface area contributed by atoms with Gasteiger partial charge in [-0.15, -0.1) is 0 Å². The Kier molecular flexibility index (Phi) is 5.04. The molecule has 2 fully saturated rings. The van der Waals surface area contributed by atoms with Gasteiger partial charge in [-0.05, 0) is 64.1 Å². The Morgan fingerprint density at radius 2 is 2.00 bits per heavy atom. The van der Waals surface area contributed by atoms with E-state index in [0.717, 1.165) is 43.1 Å². The molecule has 3 rings (SSSR count). The second kappa shape index (κ2) is 6.88. The maximum Gasteiger partial charge on any atom is 0.109 e. The zero-order valence-electron chi connectivity index (χ0n) is 14.8. The predicted molar refractivity (Wildman–Crippen MR) is 93.4 cm³/mol. The number of hydrogen-bond donors (Lipinski definition) is 1. The van der Waals surface area contributed by atoms with Gasteiger partial charge in [-0.1, -0.05) is 6.07 Å². The van der Waals surface area contributed by atoms with E-state index in [2.05, 4.69) is 28.6 Å². The lowest BCUT2D eigenvalue weighted by atomic mass is 9.87. The molecule has 0 spiro atoms. The summed E-state index contributed by atoms with van der Waals surface area (Å²) in [5, 5.41) is 10.9. The number of aromatic nitrogens is 1. The van der Waals surface area contributed by atoms with Gasteiger partial charge < -0.3 is 14.9 Å². The molecule has 2 aliphatic heterocycles. The molecule has 4 nitrogen and oxygen atoms in total. The summed E-state index contributed by atoms with van der Waals surface area (Å²) in [6, 6.07) is 4.70. The van der Waals surface area contributed by atoms with Gasteiger partial charge in [-0.25, -0.2) is 0 Å². The smallest absolute Gasteiger partial charge is 0.109 e. The lowest BCUT2D eigenvalue weighted by molar-refractivity contribution is -0.0319. The molecule has 0 saturated carbocycles. The predicted octanol–water partition coefficient (Wildman–Crippen LogP) is 2.40. The first kappa shape index (κ1) is 16.9. The van der Waals surface area contributed by atoms with Crippen molar-refractivity contribution in [3.63, 3.8) is 0 Å². The highest BCUT2D eigenvalue weighted by Crippen LogP contribution is 2.32. The number of rotatable bonds is 4. The highest BCUT2D eigenvalue weighted by Gasteiger charge is 2.36. The normalized spacial score (nSPS) is 26.0. The summed E-state index contributed by atoms with van der Waals surface area (Å²) < 4.78 is 0. The third-order valence-corrected chi connectivity index (χ3v) is 5.64. The van der Waals surface area contributed by atoms with Gasteiger partial charge in [0.25, 0.3) is 0 Å². The van der Waals surface area contributed by atoms with Crippen molar-refractivity contribution < 1.29 is 5.11 Å². The Morgan fingerprint density at radius 1 is 1.26 bits per heavy atom. The van der Waals surface area contributed by atoms with E-state index in [1.54, 1.807) is 0 Å². The summed E-state index contributed by atoms with van der Waals surface area (Å²) in [4.78, 5) is 9.58. The molecule has 4 heteroatoms. The standard InChI is InChI=1S/C19H31N3O/c1-15(2)22-9-6-17(14-22)13-21-10-7-19(23,8-11-21)18-5-4-16(3)12-20-18/h4-5,12,15,17,23H,6-11,13-14H2,1-3H3. The molecule has 0 amide bonds. The fourth-order valence-electron chi connectivity index (χ4n) is 3.95. The van der Waals surface area contributed by atoms with E-state index in [1.165, 1.54) is 26.1 Å². The molecule has 2 aliphatic rings. The van der Waals surface area contributed by atoms with E-state index < -0.39 is 5.60 Å². The summed E-state index contributed by atoms with van der Waals surface area (Å²) in [6.45, 7) is 12.2. The molecule has 1 aromatic heterocycles. The molecular formula is C19H31N3O. The SMILES string of the molecule is Cc1ccc(C2(O)CCN(CC3CCN(C(C)C)C3)CC2)nc1. The number of piperidine rings is 1. The Labute approximate surface area is 140 Å². The van der Waals surface area contributed by atoms with Crippen LogP contribution in [-0.2, 0) is 5.60 Å². The largest absolute Gasteiger partial charge is 0.383 e. The average Bonchev–Trinajstić information content (AvgIpc) is 2.99. The third kappa shape index (κ3) is 3.93. The highest BCUT2D eigenvalue weighted by molar-refractivity contribution is 5.18. The average molecular weight is 317 g/mol. The van der Waals surface area contributed by atoms with Crippen LogP contribution < -0.4 is 0 Å². The van der Waals surface area contributed by atoms with E-state index in [0.29, 0.717) is 6.04 Å². The fourth-order valence-corrected chi connectivity index (χ4v) is 3.95. The quantitative estimate of drug-likeness (QED) is 0.926. The lowest BCUT2D eigenvalue weighted by Crippen LogP contribution is -2.45. The highest BCUT2D eigenvalue weighted by atomic mass is 16.3. The van der Waals surface area contributed by atoms with Crippen molar-refractivity contribution in [2.75, 3.05) is 32.7 Å². The Morgan fingerprint density at radius 3 is 2.57 bits per heavy atom. The van der Waals surface area contributed by atoms with Crippen LogP contribution in [0.15, 0.2) is 18.3 Å². The number of hydrogen-bond acceptors (Lipinski definition) is 4. The van der Waals surface area contributed by atoms with Gasteiger partial charge in [0.2, 0.25) is 0 Å². The molecule has 128 valence electrons. The van der Waals surface area contributed by atoms with E-state index in [-0.39, 0.29) is 0 Å². The second-order valence-corrected chi connectivity index (χ2v) is 7.80. The van der Waals surface area contributed by atoms with Gasteiger partial charge >= 0.3 is 0 Å². The van der Waals surface area contributed by atoms with Gasteiger partial charge in [0.05, 0.1) is 5.69 Å². The van der Waals surface area contributed by atoms with Crippen molar-refractivity contribution in [1.29, 1.82) is 0 Å². The minimum Gasteiger partial charge on any atom is -0.383 e. The molecule has 0 radical (unpaired) electrons. The summed E-state index contributed by atoms with van der Waals surface area (Å²) in [6.07, 6.45) is 4.77. The van der Waals surface area contributed by atoms with E-state index in [9.17, 15) is 5.11 Å². The fraction of sp³-hybridized carbons (Fsp3) is 0.737. The number of pyridine rings is 1. The Bertz CT molecular complexity index is 506. The summed E-state index contributed by atoms with van der Waals surface area (Å²) >= 11 is 0. The number of aliphatic hydroxyl groups is 1. The maximum absolute atomic E-state index is 10.9. The van der Waals surface area contributed by atoms with E-state index in [4.69, 9.17) is 0 Å². The second-order valence-electron chi connectivity index (χ2n) is 7.80. The molecule has 0 aromatic carbocycles. The van der Waals surface area contributed by atoms with Crippen molar-refractivity contribution in [2.45, 2.75) is 51.7 Å². The molecule has 0 bridgehead atoms. The van der Waals surface area contributed by atoms with Crippen LogP contribution in [0, 0.1) is 12.8 Å². The third-order valence-electron chi connectivity index (χ3n) is 5.64. The summed E-state index contributed by atoms with van der Waals surface area (Å²) in [5.74, 6) is 0.793.